The Hall–Kier alpha value is -1.73. The van der Waals surface area contributed by atoms with E-state index in [1.165, 1.54) is 44.2 Å². The van der Waals surface area contributed by atoms with Gasteiger partial charge in [0.05, 0.1) is 5.41 Å². The van der Waals surface area contributed by atoms with E-state index in [0.29, 0.717) is 6.42 Å². The number of hydrogen-bond donors (Lipinski definition) is 0. The molecular formula is C21H27F. The number of terminal acetylenes is 1. The second-order valence-electron chi connectivity index (χ2n) is 5.85. The lowest BCUT2D eigenvalue weighted by atomic mass is 9.74. The molecule has 0 aliphatic heterocycles. The summed E-state index contributed by atoms with van der Waals surface area (Å²) in [6, 6.07) is 6.59. The molecule has 1 aromatic rings. The van der Waals surface area contributed by atoms with Crippen molar-refractivity contribution >= 4 is 0 Å². The number of halogens is 1. The van der Waals surface area contributed by atoms with Crippen LogP contribution in [-0.4, -0.2) is 0 Å². The zero-order valence-corrected chi connectivity index (χ0v) is 13.9. The SMILES string of the molecule is C#CC(CC#CC)(CCCCCCCC)c1ccc(F)cc1. The van der Waals surface area contributed by atoms with Crippen LogP contribution in [0.4, 0.5) is 4.39 Å². The minimum absolute atomic E-state index is 0.226. The monoisotopic (exact) mass is 298 g/mol. The number of rotatable bonds is 9. The van der Waals surface area contributed by atoms with E-state index in [1.54, 1.807) is 0 Å². The summed E-state index contributed by atoms with van der Waals surface area (Å²) in [6.45, 7) is 4.05. The highest BCUT2D eigenvalue weighted by molar-refractivity contribution is 5.36. The van der Waals surface area contributed by atoms with Crippen molar-refractivity contribution in [3.63, 3.8) is 0 Å². The molecule has 1 atom stereocenters. The second kappa shape index (κ2) is 10.1. The fraction of sp³-hybridized carbons (Fsp3) is 0.524. The van der Waals surface area contributed by atoms with Crippen molar-refractivity contribution in [2.75, 3.05) is 0 Å². The van der Waals surface area contributed by atoms with Gasteiger partial charge in [0.2, 0.25) is 0 Å². The topological polar surface area (TPSA) is 0 Å². The smallest absolute Gasteiger partial charge is 0.123 e. The predicted molar refractivity (Wildman–Crippen MR) is 93.0 cm³/mol. The lowest BCUT2D eigenvalue weighted by molar-refractivity contribution is 0.474. The molecule has 0 bridgehead atoms. The maximum atomic E-state index is 13.2. The van der Waals surface area contributed by atoms with Gasteiger partial charge in [-0.25, -0.2) is 4.39 Å². The Morgan fingerprint density at radius 3 is 2.27 bits per heavy atom. The van der Waals surface area contributed by atoms with E-state index in [4.69, 9.17) is 6.42 Å². The Labute approximate surface area is 135 Å². The standard InChI is InChI=1S/C21H27F/c1-4-7-9-10-11-12-18-21(6-3,17-8-5-2)19-13-15-20(22)16-14-19/h3,13-16H,4,7,9-12,17-18H2,1-2H3. The van der Waals surface area contributed by atoms with Gasteiger partial charge >= 0.3 is 0 Å². The first-order chi connectivity index (χ1) is 10.7. The lowest BCUT2D eigenvalue weighted by Gasteiger charge is -2.27. The van der Waals surface area contributed by atoms with Crippen molar-refractivity contribution in [2.45, 2.75) is 70.6 Å². The summed E-state index contributed by atoms with van der Waals surface area (Å²) in [5.41, 5.74) is 0.620. The van der Waals surface area contributed by atoms with Gasteiger partial charge in [0.15, 0.2) is 0 Å². The molecule has 0 fully saturated rings. The highest BCUT2D eigenvalue weighted by Gasteiger charge is 2.28. The van der Waals surface area contributed by atoms with Crippen LogP contribution in [0.5, 0.6) is 0 Å². The summed E-state index contributed by atoms with van der Waals surface area (Å²) in [5.74, 6) is 8.80. The Balaban J connectivity index is 2.75. The van der Waals surface area contributed by atoms with E-state index < -0.39 is 0 Å². The minimum Gasteiger partial charge on any atom is -0.207 e. The van der Waals surface area contributed by atoms with E-state index in [0.717, 1.165) is 18.4 Å². The molecule has 0 radical (unpaired) electrons. The molecular weight excluding hydrogens is 271 g/mol. The molecule has 0 aliphatic carbocycles. The summed E-state index contributed by atoms with van der Waals surface area (Å²) in [7, 11) is 0. The van der Waals surface area contributed by atoms with Gasteiger partial charge in [-0.1, -0.05) is 63.5 Å². The van der Waals surface area contributed by atoms with Crippen LogP contribution < -0.4 is 0 Å². The molecule has 22 heavy (non-hydrogen) atoms. The summed E-state index contributed by atoms with van der Waals surface area (Å²) < 4.78 is 13.2. The van der Waals surface area contributed by atoms with Crippen molar-refractivity contribution in [1.29, 1.82) is 0 Å². The van der Waals surface area contributed by atoms with E-state index in [2.05, 4.69) is 24.7 Å². The zero-order valence-electron chi connectivity index (χ0n) is 13.9. The van der Waals surface area contributed by atoms with Crippen LogP contribution in [0.2, 0.25) is 0 Å². The van der Waals surface area contributed by atoms with Crippen LogP contribution in [0.15, 0.2) is 24.3 Å². The molecule has 0 heterocycles. The third-order valence-electron chi connectivity index (χ3n) is 4.20. The van der Waals surface area contributed by atoms with Gasteiger partial charge in [-0.15, -0.1) is 18.3 Å². The average Bonchev–Trinajstić information content (AvgIpc) is 2.55. The van der Waals surface area contributed by atoms with Crippen LogP contribution >= 0.6 is 0 Å². The maximum Gasteiger partial charge on any atom is 0.123 e. The largest absolute Gasteiger partial charge is 0.207 e. The normalized spacial score (nSPS) is 12.8. The first-order valence-corrected chi connectivity index (χ1v) is 8.32. The summed E-state index contributed by atoms with van der Waals surface area (Å²) in [5, 5.41) is 0. The Bertz CT molecular complexity index is 524. The van der Waals surface area contributed by atoms with Crippen LogP contribution in [-0.2, 0) is 5.41 Å². The van der Waals surface area contributed by atoms with Gasteiger partial charge in [0.25, 0.3) is 0 Å². The first kappa shape index (κ1) is 18.3. The second-order valence-corrected chi connectivity index (χ2v) is 5.85. The fourth-order valence-electron chi connectivity index (χ4n) is 2.76. The Morgan fingerprint density at radius 2 is 1.68 bits per heavy atom. The van der Waals surface area contributed by atoms with E-state index >= 15 is 0 Å². The molecule has 0 saturated carbocycles. The van der Waals surface area contributed by atoms with Crippen molar-refractivity contribution in [3.05, 3.63) is 35.6 Å². The van der Waals surface area contributed by atoms with Gasteiger partial charge in [-0.3, -0.25) is 0 Å². The van der Waals surface area contributed by atoms with Gasteiger partial charge in [-0.05, 0) is 31.0 Å². The van der Waals surface area contributed by atoms with Crippen molar-refractivity contribution in [3.8, 4) is 24.2 Å². The van der Waals surface area contributed by atoms with Crippen LogP contribution in [0, 0.1) is 30.0 Å². The van der Waals surface area contributed by atoms with E-state index in [1.807, 2.05) is 19.1 Å². The molecule has 0 spiro atoms. The van der Waals surface area contributed by atoms with E-state index in [-0.39, 0.29) is 11.2 Å². The molecule has 0 saturated heterocycles. The third-order valence-corrected chi connectivity index (χ3v) is 4.20. The number of benzene rings is 1. The van der Waals surface area contributed by atoms with Crippen molar-refractivity contribution in [1.82, 2.24) is 0 Å². The summed E-state index contributed by atoms with van der Waals surface area (Å²) in [6.07, 6.45) is 14.8. The Morgan fingerprint density at radius 1 is 1.05 bits per heavy atom. The highest BCUT2D eigenvalue weighted by atomic mass is 19.1. The molecule has 0 aromatic heterocycles. The predicted octanol–water partition coefficient (Wildman–Crippen LogP) is 5.86. The van der Waals surface area contributed by atoms with Crippen molar-refractivity contribution < 1.29 is 4.39 Å². The van der Waals surface area contributed by atoms with Crippen molar-refractivity contribution in [2.24, 2.45) is 0 Å². The summed E-state index contributed by atoms with van der Waals surface area (Å²) >= 11 is 0. The van der Waals surface area contributed by atoms with Gasteiger partial charge in [0, 0.05) is 6.42 Å². The molecule has 1 aromatic carbocycles. The molecule has 1 unspecified atom stereocenters. The van der Waals surface area contributed by atoms with E-state index in [9.17, 15) is 4.39 Å². The lowest BCUT2D eigenvalue weighted by Crippen LogP contribution is -2.23. The third kappa shape index (κ3) is 5.57. The van der Waals surface area contributed by atoms with Crippen LogP contribution in [0.1, 0.15) is 70.8 Å². The molecule has 0 amide bonds. The molecule has 118 valence electrons. The maximum absolute atomic E-state index is 13.2. The van der Waals surface area contributed by atoms with Crippen LogP contribution in [0.25, 0.3) is 0 Å². The molecule has 1 heteroatoms. The zero-order chi connectivity index (χ0) is 16.3. The van der Waals surface area contributed by atoms with Gasteiger partial charge in [0.1, 0.15) is 5.82 Å². The van der Waals surface area contributed by atoms with Crippen LogP contribution in [0.3, 0.4) is 0 Å². The summed E-state index contributed by atoms with van der Waals surface area (Å²) in [4.78, 5) is 0. The molecule has 1 rings (SSSR count). The fourth-order valence-corrected chi connectivity index (χ4v) is 2.76. The Kier molecular flexibility index (Phi) is 8.39. The molecule has 0 aliphatic rings. The molecule has 0 N–H and O–H groups in total. The number of hydrogen-bond acceptors (Lipinski definition) is 0. The highest BCUT2D eigenvalue weighted by Crippen LogP contribution is 2.33. The van der Waals surface area contributed by atoms with Gasteiger partial charge in [-0.2, -0.15) is 0 Å². The first-order valence-electron chi connectivity index (χ1n) is 8.32. The molecule has 0 nitrogen and oxygen atoms in total. The average molecular weight is 298 g/mol. The quantitative estimate of drug-likeness (QED) is 0.395. The van der Waals surface area contributed by atoms with Gasteiger partial charge < -0.3 is 0 Å². The number of unbranched alkanes of at least 4 members (excludes halogenated alkanes) is 5. The minimum atomic E-state index is -0.387.